The summed E-state index contributed by atoms with van der Waals surface area (Å²) in [7, 11) is 2.14. The zero-order chi connectivity index (χ0) is 34.2. The summed E-state index contributed by atoms with van der Waals surface area (Å²) in [5.41, 5.74) is 7.05. The number of hydrogen-bond acceptors (Lipinski definition) is 8. The van der Waals surface area contributed by atoms with Crippen LogP contribution in [0.3, 0.4) is 0 Å². The standard InChI is InChI=1S/C38H38Cl2N6O3/c1-25-28(5-3-6-32(25)33-7-4-8-35(38(33)40)49-31-9-11-46(2)12-10-31)23-48-37-15-36(47-22-27-13-26(16-41)17-42-18-27)29(14-34(37)39)19-43-20-30-21-44-24-45-30/h3-8,13-15,17-18,21,24,31,43H,9-12,19-20,22-23H2,1-2H3,(H,44,45). The number of nitriles is 1. The molecule has 1 fully saturated rings. The van der Waals surface area contributed by atoms with E-state index in [1.165, 1.54) is 6.20 Å². The molecular weight excluding hydrogens is 659 g/mol. The lowest BCUT2D eigenvalue weighted by Gasteiger charge is -2.29. The first-order valence-corrected chi connectivity index (χ1v) is 17.0. The molecule has 0 spiro atoms. The first kappa shape index (κ1) is 34.3. The van der Waals surface area contributed by atoms with Gasteiger partial charge < -0.3 is 29.4 Å². The SMILES string of the molecule is Cc1c(COc2cc(OCc3cncc(C#N)c3)c(CNCc3cnc[nH]3)cc2Cl)cccc1-c1cccc(OC2CCN(C)CC2)c1Cl. The molecule has 0 aliphatic carbocycles. The van der Waals surface area contributed by atoms with Crippen LogP contribution in [-0.4, -0.2) is 46.1 Å². The fourth-order valence-electron chi connectivity index (χ4n) is 5.84. The number of benzene rings is 3. The van der Waals surface area contributed by atoms with Gasteiger partial charge in [0.1, 0.15) is 42.6 Å². The van der Waals surface area contributed by atoms with E-state index in [4.69, 9.17) is 37.4 Å². The molecule has 0 bridgehead atoms. The van der Waals surface area contributed by atoms with Crippen LogP contribution < -0.4 is 19.5 Å². The lowest BCUT2D eigenvalue weighted by Crippen LogP contribution is -2.35. The largest absolute Gasteiger partial charge is 0.489 e. The number of pyridine rings is 1. The third kappa shape index (κ3) is 8.72. The van der Waals surface area contributed by atoms with E-state index in [1.807, 2.05) is 42.5 Å². The highest BCUT2D eigenvalue weighted by molar-refractivity contribution is 6.35. The van der Waals surface area contributed by atoms with E-state index in [0.717, 1.165) is 65.0 Å². The summed E-state index contributed by atoms with van der Waals surface area (Å²) in [5.74, 6) is 1.81. The molecule has 0 amide bonds. The van der Waals surface area contributed by atoms with Gasteiger partial charge in [0.2, 0.25) is 0 Å². The van der Waals surface area contributed by atoms with E-state index in [9.17, 15) is 5.26 Å². The average molecular weight is 698 g/mol. The molecule has 1 aliphatic rings. The first-order chi connectivity index (χ1) is 23.9. The van der Waals surface area contributed by atoms with Crippen molar-refractivity contribution in [3.8, 4) is 34.4 Å². The fraction of sp³-hybridized carbons (Fsp3) is 0.289. The number of rotatable bonds is 13. The Morgan fingerprint density at radius 1 is 0.898 bits per heavy atom. The van der Waals surface area contributed by atoms with Crippen molar-refractivity contribution < 1.29 is 14.2 Å². The van der Waals surface area contributed by atoms with Gasteiger partial charge in [0.05, 0.1) is 21.9 Å². The van der Waals surface area contributed by atoms with Crippen LogP contribution in [0.15, 0.2) is 79.5 Å². The van der Waals surface area contributed by atoms with Crippen molar-refractivity contribution in [3.63, 3.8) is 0 Å². The molecule has 6 rings (SSSR count). The van der Waals surface area contributed by atoms with Crippen molar-refractivity contribution in [2.75, 3.05) is 20.1 Å². The van der Waals surface area contributed by atoms with Crippen LogP contribution in [-0.2, 0) is 26.3 Å². The molecule has 1 aliphatic heterocycles. The lowest BCUT2D eigenvalue weighted by atomic mass is 9.96. The van der Waals surface area contributed by atoms with E-state index >= 15 is 0 Å². The topological polar surface area (TPSA) is 108 Å². The third-order valence-electron chi connectivity index (χ3n) is 8.66. The molecule has 2 N–H and O–H groups in total. The van der Waals surface area contributed by atoms with Gasteiger partial charge in [-0.05, 0) is 61.7 Å². The highest BCUT2D eigenvalue weighted by atomic mass is 35.5. The number of halogens is 2. The molecule has 2 aromatic heterocycles. The Balaban J connectivity index is 1.19. The second kappa shape index (κ2) is 16.2. The zero-order valence-corrected chi connectivity index (χ0v) is 29.0. The summed E-state index contributed by atoms with van der Waals surface area (Å²) >= 11 is 13.8. The number of nitrogens with zero attached hydrogens (tertiary/aromatic N) is 4. The van der Waals surface area contributed by atoms with Crippen LogP contribution in [0.2, 0.25) is 10.0 Å². The van der Waals surface area contributed by atoms with Crippen LogP contribution in [0.4, 0.5) is 0 Å². The van der Waals surface area contributed by atoms with Crippen molar-refractivity contribution in [2.45, 2.75) is 52.2 Å². The second-order valence-electron chi connectivity index (χ2n) is 12.2. The van der Waals surface area contributed by atoms with Crippen molar-refractivity contribution in [1.29, 1.82) is 5.26 Å². The molecule has 1 saturated heterocycles. The predicted octanol–water partition coefficient (Wildman–Crippen LogP) is 7.88. The normalized spacial score (nSPS) is 13.6. The maximum absolute atomic E-state index is 9.29. The van der Waals surface area contributed by atoms with E-state index in [-0.39, 0.29) is 19.3 Å². The lowest BCUT2D eigenvalue weighted by molar-refractivity contribution is 0.114. The number of likely N-dealkylation sites (tertiary alicyclic amines) is 1. The smallest absolute Gasteiger partial charge is 0.142 e. The van der Waals surface area contributed by atoms with Crippen LogP contribution >= 0.6 is 23.2 Å². The third-order valence-corrected chi connectivity index (χ3v) is 9.35. The number of piperidine rings is 1. The van der Waals surface area contributed by atoms with Crippen molar-refractivity contribution in [3.05, 3.63) is 123 Å². The molecular formula is C38H38Cl2N6O3. The molecule has 252 valence electrons. The summed E-state index contributed by atoms with van der Waals surface area (Å²) in [5, 5.41) is 13.8. The monoisotopic (exact) mass is 696 g/mol. The summed E-state index contributed by atoms with van der Waals surface area (Å²) in [6, 6.07) is 19.6. The quantitative estimate of drug-likeness (QED) is 0.128. The Morgan fingerprint density at radius 3 is 2.49 bits per heavy atom. The van der Waals surface area contributed by atoms with E-state index in [2.05, 4.69) is 51.3 Å². The highest BCUT2D eigenvalue weighted by Gasteiger charge is 2.21. The predicted molar refractivity (Wildman–Crippen MR) is 191 cm³/mol. The Labute approximate surface area is 296 Å². The summed E-state index contributed by atoms with van der Waals surface area (Å²) in [4.78, 5) is 13.6. The fourth-order valence-corrected chi connectivity index (χ4v) is 6.35. The molecule has 49 heavy (non-hydrogen) atoms. The number of H-pyrrole nitrogens is 1. The summed E-state index contributed by atoms with van der Waals surface area (Å²) in [6.07, 6.45) is 8.74. The van der Waals surface area contributed by atoms with Gasteiger partial charge in [0.25, 0.3) is 0 Å². The van der Waals surface area contributed by atoms with E-state index < -0.39 is 0 Å². The second-order valence-corrected chi connectivity index (χ2v) is 13.0. The van der Waals surface area contributed by atoms with Crippen LogP contribution in [0.1, 0.15) is 46.4 Å². The number of nitrogens with one attached hydrogen (secondary N) is 2. The van der Waals surface area contributed by atoms with E-state index in [1.54, 1.807) is 24.8 Å². The number of ether oxygens (including phenoxy) is 3. The average Bonchev–Trinajstić information content (AvgIpc) is 3.64. The maximum atomic E-state index is 9.29. The Hall–Kier alpha value is -4.59. The highest BCUT2D eigenvalue weighted by Crippen LogP contribution is 2.39. The van der Waals surface area contributed by atoms with Gasteiger partial charge in [-0.15, -0.1) is 0 Å². The van der Waals surface area contributed by atoms with Gasteiger partial charge in [-0.1, -0.05) is 53.5 Å². The van der Waals surface area contributed by atoms with Crippen molar-refractivity contribution in [1.82, 2.24) is 25.2 Å². The molecule has 0 saturated carbocycles. The van der Waals surface area contributed by atoms with Crippen LogP contribution in [0, 0.1) is 18.3 Å². The van der Waals surface area contributed by atoms with Gasteiger partial charge in [0.15, 0.2) is 0 Å². The van der Waals surface area contributed by atoms with E-state index in [0.29, 0.717) is 45.9 Å². The van der Waals surface area contributed by atoms with Crippen molar-refractivity contribution in [2.24, 2.45) is 0 Å². The zero-order valence-electron chi connectivity index (χ0n) is 27.5. The first-order valence-electron chi connectivity index (χ1n) is 16.2. The van der Waals surface area contributed by atoms with Gasteiger partial charge in [-0.2, -0.15) is 5.26 Å². The van der Waals surface area contributed by atoms with Crippen molar-refractivity contribution >= 4 is 23.2 Å². The number of aromatic amines is 1. The number of aromatic nitrogens is 3. The molecule has 0 unspecified atom stereocenters. The van der Waals surface area contributed by atoms with Gasteiger partial charge in [0, 0.05) is 73.2 Å². The molecule has 3 aromatic carbocycles. The molecule has 3 heterocycles. The Kier molecular flexibility index (Phi) is 11.3. The number of imidazole rings is 1. The summed E-state index contributed by atoms with van der Waals surface area (Å²) < 4.78 is 19.0. The van der Waals surface area contributed by atoms with Gasteiger partial charge >= 0.3 is 0 Å². The molecule has 11 heteroatoms. The minimum atomic E-state index is 0.154. The Bertz CT molecular complexity index is 1920. The van der Waals surface area contributed by atoms with Crippen LogP contribution in [0.25, 0.3) is 11.1 Å². The maximum Gasteiger partial charge on any atom is 0.142 e. The Morgan fingerprint density at radius 2 is 1.69 bits per heavy atom. The molecule has 0 atom stereocenters. The minimum absolute atomic E-state index is 0.154. The van der Waals surface area contributed by atoms with Gasteiger partial charge in [-0.25, -0.2) is 4.98 Å². The molecule has 0 radical (unpaired) electrons. The summed E-state index contributed by atoms with van der Waals surface area (Å²) in [6.45, 7) is 5.69. The minimum Gasteiger partial charge on any atom is -0.489 e. The molecule has 9 nitrogen and oxygen atoms in total. The molecule has 5 aromatic rings. The van der Waals surface area contributed by atoms with Gasteiger partial charge in [-0.3, -0.25) is 4.98 Å². The van der Waals surface area contributed by atoms with Crippen LogP contribution in [0.5, 0.6) is 17.2 Å². The number of hydrogen-bond donors (Lipinski definition) is 2.